The van der Waals surface area contributed by atoms with Crippen molar-refractivity contribution in [1.29, 1.82) is 0 Å². The first-order valence-electron chi connectivity index (χ1n) is 10.4. The molecule has 2 aromatic rings. The van der Waals surface area contributed by atoms with Crippen molar-refractivity contribution in [3.63, 3.8) is 0 Å². The molecule has 0 aromatic heterocycles. The van der Waals surface area contributed by atoms with Crippen LogP contribution in [0, 0.1) is 5.92 Å². The van der Waals surface area contributed by atoms with E-state index in [1.165, 1.54) is 23.5 Å². The van der Waals surface area contributed by atoms with E-state index in [9.17, 15) is 0 Å². The first-order chi connectivity index (χ1) is 13.0. The van der Waals surface area contributed by atoms with Crippen LogP contribution in [0.3, 0.4) is 0 Å². The van der Waals surface area contributed by atoms with Crippen molar-refractivity contribution in [1.82, 2.24) is 0 Å². The third-order valence-electron chi connectivity index (χ3n) is 4.24. The number of hydrogen-bond donors (Lipinski definition) is 1. The molecule has 172 valence electrons. The van der Waals surface area contributed by atoms with Gasteiger partial charge < -0.3 is 5.11 Å². The van der Waals surface area contributed by atoms with Crippen molar-refractivity contribution in [2.24, 2.45) is 0 Å². The van der Waals surface area contributed by atoms with Crippen molar-refractivity contribution in [3.8, 4) is 0 Å². The Morgan fingerprint density at radius 1 is 0.733 bits per heavy atom. The Morgan fingerprint density at radius 3 is 1.37 bits per heavy atom. The largest absolute Gasteiger partial charge is 1.00 e. The minimum atomic E-state index is 0. The predicted octanol–water partition coefficient (Wildman–Crippen LogP) is 6.35. The summed E-state index contributed by atoms with van der Waals surface area (Å²) in [6.07, 6.45) is 2.33. The van der Waals surface area contributed by atoms with Gasteiger partial charge in [-0.2, -0.15) is 23.6 Å². The van der Waals surface area contributed by atoms with Crippen molar-refractivity contribution in [2.75, 3.05) is 7.11 Å². The van der Waals surface area contributed by atoms with Gasteiger partial charge in [0, 0.05) is 7.11 Å². The van der Waals surface area contributed by atoms with Crippen molar-refractivity contribution in [2.45, 2.75) is 95.4 Å². The van der Waals surface area contributed by atoms with Crippen LogP contribution < -0.4 is 58.2 Å². The minimum Gasteiger partial charge on any atom is -0.400 e. The van der Waals surface area contributed by atoms with Crippen LogP contribution in [0.4, 0.5) is 0 Å². The van der Waals surface area contributed by atoms with Crippen LogP contribution in [0.5, 0.6) is 0 Å². The molecule has 0 aliphatic rings. The van der Waals surface area contributed by atoms with Crippen molar-refractivity contribution < 1.29 is 63.3 Å². The molecule has 0 saturated heterocycles. The fraction of sp³-hybridized carbons (Fsp3) is 0.536. The number of benzene rings is 2. The molecule has 0 aliphatic carbocycles. The molecule has 0 bridgehead atoms. The van der Waals surface area contributed by atoms with E-state index < -0.39 is 0 Å². The van der Waals surface area contributed by atoms with E-state index in [-0.39, 0.29) is 73.0 Å². The molecule has 0 saturated carbocycles. The summed E-state index contributed by atoms with van der Waals surface area (Å²) in [5.74, 6) is 1.46. The second kappa shape index (κ2) is 31.3. The Morgan fingerprint density at radius 2 is 1.07 bits per heavy atom. The SMILES string of the molecule is C.C.CC.CC.CCC(C)(C)c1ccccc1.CC[C-](C)c1ccccc1.CO.[Rb+]. The van der Waals surface area contributed by atoms with Gasteiger partial charge in [0.2, 0.25) is 0 Å². The molecular formula is C28H53ORb. The van der Waals surface area contributed by atoms with E-state index >= 15 is 0 Å². The Bertz CT molecular complexity index is 495. The molecule has 1 nitrogen and oxygen atoms in total. The molecule has 2 rings (SSSR count). The van der Waals surface area contributed by atoms with E-state index in [1.807, 2.05) is 33.8 Å². The van der Waals surface area contributed by atoms with Crippen LogP contribution in [0.15, 0.2) is 60.7 Å². The Hall–Kier alpha value is 0.0752. The summed E-state index contributed by atoms with van der Waals surface area (Å²) in [5, 5.41) is 7.00. The third-order valence-corrected chi connectivity index (χ3v) is 4.24. The number of hydrogen-bond acceptors (Lipinski definition) is 1. The van der Waals surface area contributed by atoms with Crippen LogP contribution in [0.1, 0.15) is 101 Å². The summed E-state index contributed by atoms with van der Waals surface area (Å²) in [6.45, 7) is 19.1. The zero-order valence-electron chi connectivity index (χ0n) is 20.6. The summed E-state index contributed by atoms with van der Waals surface area (Å²) < 4.78 is 0. The average Bonchev–Trinajstić information content (AvgIpc) is 2.79. The van der Waals surface area contributed by atoms with Crippen LogP contribution >= 0.6 is 0 Å². The zero-order chi connectivity index (χ0) is 21.7. The summed E-state index contributed by atoms with van der Waals surface area (Å²) >= 11 is 0. The second-order valence-corrected chi connectivity index (χ2v) is 6.10. The molecule has 0 amide bonds. The van der Waals surface area contributed by atoms with Crippen molar-refractivity contribution in [3.05, 3.63) is 77.7 Å². The average molecular weight is 491 g/mol. The molecular weight excluding hydrogens is 438 g/mol. The molecule has 0 unspecified atom stereocenters. The summed E-state index contributed by atoms with van der Waals surface area (Å²) in [7, 11) is 1.00. The van der Waals surface area contributed by atoms with Gasteiger partial charge in [-0.3, -0.25) is 0 Å². The quantitative estimate of drug-likeness (QED) is 0.495. The minimum absolute atomic E-state index is 0. The van der Waals surface area contributed by atoms with Gasteiger partial charge in [-0.25, -0.2) is 0 Å². The predicted molar refractivity (Wildman–Crippen MR) is 139 cm³/mol. The second-order valence-electron chi connectivity index (χ2n) is 6.10. The maximum Gasteiger partial charge on any atom is 1.00 e. The van der Waals surface area contributed by atoms with Crippen LogP contribution in [-0.2, 0) is 5.41 Å². The van der Waals surface area contributed by atoms with Gasteiger partial charge in [0.1, 0.15) is 0 Å². The van der Waals surface area contributed by atoms with E-state index in [4.69, 9.17) is 5.11 Å². The Balaban J connectivity index is -0.0000000712. The normalized spacial score (nSPS) is 7.97. The monoisotopic (exact) mass is 490 g/mol. The van der Waals surface area contributed by atoms with Gasteiger partial charge in [-0.1, -0.05) is 120 Å². The van der Waals surface area contributed by atoms with E-state index in [2.05, 4.69) is 89.2 Å². The maximum absolute atomic E-state index is 7.00. The van der Waals surface area contributed by atoms with Gasteiger partial charge in [0.05, 0.1) is 0 Å². The fourth-order valence-electron chi connectivity index (χ4n) is 2.02. The van der Waals surface area contributed by atoms with E-state index in [0.29, 0.717) is 5.41 Å². The molecule has 0 aliphatic heterocycles. The molecule has 2 aromatic carbocycles. The number of rotatable bonds is 4. The molecule has 0 spiro atoms. The van der Waals surface area contributed by atoms with Crippen LogP contribution in [-0.4, -0.2) is 12.2 Å². The van der Waals surface area contributed by atoms with Gasteiger partial charge in [-0.15, -0.1) is 12.1 Å². The van der Waals surface area contributed by atoms with Crippen LogP contribution in [0.2, 0.25) is 0 Å². The third kappa shape index (κ3) is 21.3. The molecule has 0 fully saturated rings. The Labute approximate surface area is 240 Å². The molecule has 2 heteroatoms. The van der Waals surface area contributed by atoms with E-state index in [0.717, 1.165) is 13.5 Å². The molecule has 0 heterocycles. The van der Waals surface area contributed by atoms with Gasteiger partial charge in [0.15, 0.2) is 0 Å². The topological polar surface area (TPSA) is 20.2 Å². The van der Waals surface area contributed by atoms with E-state index in [1.54, 1.807) is 0 Å². The fourth-order valence-corrected chi connectivity index (χ4v) is 2.02. The first-order valence-corrected chi connectivity index (χ1v) is 10.4. The maximum atomic E-state index is 7.00. The molecule has 1 N–H and O–H groups in total. The molecule has 30 heavy (non-hydrogen) atoms. The van der Waals surface area contributed by atoms with Gasteiger partial charge in [-0.05, 0) is 17.4 Å². The smallest absolute Gasteiger partial charge is 0.400 e. The first kappa shape index (κ1) is 43.9. The Kier molecular flexibility index (Phi) is 45.7. The van der Waals surface area contributed by atoms with Gasteiger partial charge in [0.25, 0.3) is 0 Å². The van der Waals surface area contributed by atoms with Crippen molar-refractivity contribution >= 4 is 0 Å². The van der Waals surface area contributed by atoms with Gasteiger partial charge >= 0.3 is 58.2 Å². The summed E-state index contributed by atoms with van der Waals surface area (Å²) in [4.78, 5) is 0. The molecule has 0 radical (unpaired) electrons. The number of aliphatic hydroxyl groups excluding tert-OH is 1. The number of aliphatic hydroxyl groups is 1. The zero-order valence-corrected chi connectivity index (χ0v) is 25.6. The standard InChI is InChI=1S/C11H16.C10H13.2C2H6.CH4O.2CH4.Rb/c1-4-11(2,3)10-8-6-5-7-9-10;1-3-9(2)10-7-5-4-6-8-10;3*1-2;;;/h5-9H,4H2,1-3H3;4-8H,3H2,1-2H3;2*1-2H3;2H,1H3;2*1H4;/q;-1;;;;;;+1. The molecule has 0 atom stereocenters. The van der Waals surface area contributed by atoms with Crippen LogP contribution in [0.25, 0.3) is 0 Å². The summed E-state index contributed by atoms with van der Waals surface area (Å²) in [6, 6.07) is 21.2. The summed E-state index contributed by atoms with van der Waals surface area (Å²) in [5.41, 5.74) is 3.13.